The summed E-state index contributed by atoms with van der Waals surface area (Å²) in [6, 6.07) is 15.8. The molecule has 0 fully saturated rings. The number of nitro benzene ring substituents is 1. The standard InChI is InChI=1S/C17H13N5O2/c18-11-14-4-7-16(17(10-14)22(23)24)19-12-13-2-5-15(6-3-13)21-9-1-8-20-21/h1-10,19H,12H2. The maximum Gasteiger partial charge on any atom is 0.293 e. The first-order chi connectivity index (χ1) is 11.7. The molecular weight excluding hydrogens is 306 g/mol. The van der Waals surface area contributed by atoms with Crippen LogP contribution in [-0.2, 0) is 6.54 Å². The zero-order valence-electron chi connectivity index (χ0n) is 12.6. The lowest BCUT2D eigenvalue weighted by Gasteiger charge is -2.08. The molecule has 0 spiro atoms. The van der Waals surface area contributed by atoms with E-state index in [1.54, 1.807) is 23.0 Å². The lowest BCUT2D eigenvalue weighted by Crippen LogP contribution is -2.03. The molecule has 0 saturated carbocycles. The molecule has 1 heterocycles. The van der Waals surface area contributed by atoms with Gasteiger partial charge in [0.05, 0.1) is 22.2 Å². The first kappa shape index (κ1) is 15.2. The van der Waals surface area contributed by atoms with Gasteiger partial charge in [0.2, 0.25) is 0 Å². The highest BCUT2D eigenvalue weighted by Gasteiger charge is 2.14. The van der Waals surface area contributed by atoms with E-state index in [9.17, 15) is 10.1 Å². The van der Waals surface area contributed by atoms with Gasteiger partial charge in [0.15, 0.2) is 0 Å². The zero-order chi connectivity index (χ0) is 16.9. The molecular formula is C17H13N5O2. The van der Waals surface area contributed by atoms with Crippen LogP contribution in [-0.4, -0.2) is 14.7 Å². The van der Waals surface area contributed by atoms with Crippen LogP contribution in [0.25, 0.3) is 5.69 Å². The number of nitriles is 1. The minimum Gasteiger partial charge on any atom is -0.375 e. The summed E-state index contributed by atoms with van der Waals surface area (Å²) >= 11 is 0. The lowest BCUT2D eigenvalue weighted by molar-refractivity contribution is -0.384. The fourth-order valence-corrected chi connectivity index (χ4v) is 2.29. The average Bonchev–Trinajstić information content (AvgIpc) is 3.15. The average molecular weight is 319 g/mol. The van der Waals surface area contributed by atoms with Crippen LogP contribution in [0, 0.1) is 21.4 Å². The van der Waals surface area contributed by atoms with E-state index in [2.05, 4.69) is 10.4 Å². The van der Waals surface area contributed by atoms with Crippen molar-refractivity contribution in [2.45, 2.75) is 6.54 Å². The van der Waals surface area contributed by atoms with Gasteiger partial charge in [-0.2, -0.15) is 10.4 Å². The molecule has 1 aromatic heterocycles. The number of nitrogens with zero attached hydrogens (tertiary/aromatic N) is 4. The zero-order valence-corrected chi connectivity index (χ0v) is 12.6. The number of aromatic nitrogens is 2. The Morgan fingerprint density at radius 1 is 1.25 bits per heavy atom. The second-order valence-corrected chi connectivity index (χ2v) is 5.07. The predicted octanol–water partition coefficient (Wildman–Crippen LogP) is 3.26. The van der Waals surface area contributed by atoms with E-state index in [4.69, 9.17) is 5.26 Å². The molecule has 0 radical (unpaired) electrons. The van der Waals surface area contributed by atoms with Crippen molar-refractivity contribution in [3.8, 4) is 11.8 Å². The van der Waals surface area contributed by atoms with Crippen molar-refractivity contribution in [1.29, 1.82) is 5.26 Å². The SMILES string of the molecule is N#Cc1ccc(NCc2ccc(-n3cccn3)cc2)c([N+](=O)[O-])c1. The summed E-state index contributed by atoms with van der Waals surface area (Å²) in [6.07, 6.45) is 3.56. The molecule has 0 aliphatic carbocycles. The highest BCUT2D eigenvalue weighted by Crippen LogP contribution is 2.26. The molecule has 1 N–H and O–H groups in total. The predicted molar refractivity (Wildman–Crippen MR) is 88.7 cm³/mol. The highest BCUT2D eigenvalue weighted by molar-refractivity contribution is 5.64. The summed E-state index contributed by atoms with van der Waals surface area (Å²) in [7, 11) is 0. The Balaban J connectivity index is 1.74. The molecule has 7 nitrogen and oxygen atoms in total. The second kappa shape index (κ2) is 6.62. The Bertz CT molecular complexity index is 896. The molecule has 0 atom stereocenters. The fourth-order valence-electron chi connectivity index (χ4n) is 2.29. The number of nitrogens with one attached hydrogen (secondary N) is 1. The van der Waals surface area contributed by atoms with E-state index in [-0.39, 0.29) is 11.3 Å². The van der Waals surface area contributed by atoms with Crippen LogP contribution in [0.1, 0.15) is 11.1 Å². The Morgan fingerprint density at radius 2 is 2.04 bits per heavy atom. The number of rotatable bonds is 5. The topological polar surface area (TPSA) is 96.8 Å². The van der Waals surface area contributed by atoms with Crippen LogP contribution in [0.5, 0.6) is 0 Å². The molecule has 0 saturated heterocycles. The van der Waals surface area contributed by atoms with Crippen molar-refractivity contribution in [1.82, 2.24) is 9.78 Å². The maximum absolute atomic E-state index is 11.1. The smallest absolute Gasteiger partial charge is 0.293 e. The molecule has 3 aromatic rings. The minimum atomic E-state index is -0.496. The third-order valence-electron chi connectivity index (χ3n) is 3.51. The van der Waals surface area contributed by atoms with Gasteiger partial charge < -0.3 is 5.32 Å². The van der Waals surface area contributed by atoms with Gasteiger partial charge in [-0.05, 0) is 35.9 Å². The van der Waals surface area contributed by atoms with E-state index in [0.717, 1.165) is 11.3 Å². The molecule has 24 heavy (non-hydrogen) atoms. The first-order valence-corrected chi connectivity index (χ1v) is 7.19. The van der Waals surface area contributed by atoms with Gasteiger partial charge in [-0.15, -0.1) is 0 Å². The molecule has 0 aliphatic heterocycles. The van der Waals surface area contributed by atoms with E-state index >= 15 is 0 Å². The lowest BCUT2D eigenvalue weighted by atomic mass is 10.1. The van der Waals surface area contributed by atoms with E-state index < -0.39 is 4.92 Å². The van der Waals surface area contributed by atoms with Crippen molar-refractivity contribution < 1.29 is 4.92 Å². The summed E-state index contributed by atoms with van der Waals surface area (Å²) in [6.45, 7) is 0.437. The number of hydrogen-bond donors (Lipinski definition) is 1. The van der Waals surface area contributed by atoms with Gasteiger partial charge in [-0.25, -0.2) is 4.68 Å². The van der Waals surface area contributed by atoms with Crippen molar-refractivity contribution >= 4 is 11.4 Å². The van der Waals surface area contributed by atoms with Crippen LogP contribution >= 0.6 is 0 Å². The summed E-state index contributed by atoms with van der Waals surface area (Å²) < 4.78 is 1.75. The molecule has 0 amide bonds. The maximum atomic E-state index is 11.1. The Kier molecular flexibility index (Phi) is 4.21. The molecule has 118 valence electrons. The van der Waals surface area contributed by atoms with Gasteiger partial charge in [-0.1, -0.05) is 12.1 Å². The van der Waals surface area contributed by atoms with Crippen molar-refractivity contribution in [3.63, 3.8) is 0 Å². The number of anilines is 1. The quantitative estimate of drug-likeness (QED) is 0.575. The van der Waals surface area contributed by atoms with Gasteiger partial charge in [0.25, 0.3) is 5.69 Å². The molecule has 2 aromatic carbocycles. The fraction of sp³-hybridized carbons (Fsp3) is 0.0588. The van der Waals surface area contributed by atoms with Crippen LogP contribution in [0.15, 0.2) is 60.9 Å². The Labute approximate surface area is 137 Å². The number of nitro groups is 1. The van der Waals surface area contributed by atoms with E-state index in [0.29, 0.717) is 12.2 Å². The van der Waals surface area contributed by atoms with Crippen molar-refractivity contribution in [3.05, 3.63) is 82.2 Å². The van der Waals surface area contributed by atoms with Gasteiger partial charge >= 0.3 is 0 Å². The molecule has 7 heteroatoms. The third kappa shape index (κ3) is 3.23. The van der Waals surface area contributed by atoms with Crippen LogP contribution < -0.4 is 5.32 Å². The van der Waals surface area contributed by atoms with Gasteiger partial charge in [0.1, 0.15) is 5.69 Å². The van der Waals surface area contributed by atoms with Gasteiger partial charge in [0, 0.05) is 25.0 Å². The molecule has 0 aliphatic rings. The number of hydrogen-bond acceptors (Lipinski definition) is 5. The van der Waals surface area contributed by atoms with Crippen LogP contribution in [0.2, 0.25) is 0 Å². The van der Waals surface area contributed by atoms with Crippen molar-refractivity contribution in [2.75, 3.05) is 5.32 Å². The van der Waals surface area contributed by atoms with E-state index in [1.807, 2.05) is 42.6 Å². The molecule has 3 rings (SSSR count). The summed E-state index contributed by atoms with van der Waals surface area (Å²) in [4.78, 5) is 10.6. The summed E-state index contributed by atoms with van der Waals surface area (Å²) in [5, 5.41) is 27.2. The normalized spacial score (nSPS) is 10.1. The second-order valence-electron chi connectivity index (χ2n) is 5.07. The van der Waals surface area contributed by atoms with Crippen LogP contribution in [0.4, 0.5) is 11.4 Å². The largest absolute Gasteiger partial charge is 0.375 e. The van der Waals surface area contributed by atoms with Gasteiger partial charge in [-0.3, -0.25) is 10.1 Å². The Hall–Kier alpha value is -3.66. The van der Waals surface area contributed by atoms with Crippen LogP contribution in [0.3, 0.4) is 0 Å². The monoisotopic (exact) mass is 319 g/mol. The van der Waals surface area contributed by atoms with Crippen molar-refractivity contribution in [2.24, 2.45) is 0 Å². The molecule has 0 unspecified atom stereocenters. The third-order valence-corrected chi connectivity index (χ3v) is 3.51. The molecule has 0 bridgehead atoms. The highest BCUT2D eigenvalue weighted by atomic mass is 16.6. The Morgan fingerprint density at radius 3 is 2.67 bits per heavy atom. The van der Waals surface area contributed by atoms with E-state index in [1.165, 1.54) is 6.07 Å². The summed E-state index contributed by atoms with van der Waals surface area (Å²) in [5.74, 6) is 0. The first-order valence-electron chi connectivity index (χ1n) is 7.19. The number of benzene rings is 2. The minimum absolute atomic E-state index is 0.109. The summed E-state index contributed by atoms with van der Waals surface area (Å²) in [5.41, 5.74) is 2.45.